The maximum atomic E-state index is 12.3. The van der Waals surface area contributed by atoms with Crippen LogP contribution in [0.15, 0.2) is 36.5 Å². The smallest absolute Gasteiger partial charge is 0.269 e. The summed E-state index contributed by atoms with van der Waals surface area (Å²) >= 11 is 1.45. The van der Waals surface area contributed by atoms with Crippen LogP contribution in [0.1, 0.15) is 36.1 Å². The summed E-state index contributed by atoms with van der Waals surface area (Å²) < 4.78 is 7.26. The van der Waals surface area contributed by atoms with Gasteiger partial charge in [0.2, 0.25) is 0 Å². The number of nitrogens with one attached hydrogen (secondary N) is 1. The van der Waals surface area contributed by atoms with Crippen molar-refractivity contribution in [2.75, 3.05) is 0 Å². The summed E-state index contributed by atoms with van der Waals surface area (Å²) in [6, 6.07) is 9.92. The van der Waals surface area contributed by atoms with Crippen LogP contribution in [0.3, 0.4) is 0 Å². The first-order chi connectivity index (χ1) is 10.2. The van der Waals surface area contributed by atoms with Crippen molar-refractivity contribution in [1.82, 2.24) is 19.5 Å². The summed E-state index contributed by atoms with van der Waals surface area (Å²) in [5, 5.41) is 8.19. The molecule has 3 aromatic rings. The van der Waals surface area contributed by atoms with Crippen LogP contribution in [0.4, 0.5) is 0 Å². The fraction of sp³-hybridized carbons (Fsp3) is 0.267. The predicted molar refractivity (Wildman–Crippen MR) is 83.4 cm³/mol. The molecule has 108 valence electrons. The van der Waals surface area contributed by atoms with Gasteiger partial charge in [-0.2, -0.15) is 9.47 Å². The van der Waals surface area contributed by atoms with Crippen molar-refractivity contribution in [3.63, 3.8) is 0 Å². The summed E-state index contributed by atoms with van der Waals surface area (Å²) in [7, 11) is 0. The molecule has 0 unspecified atom stereocenters. The highest BCUT2D eigenvalue weighted by atomic mass is 32.1. The summed E-state index contributed by atoms with van der Waals surface area (Å²) in [5.41, 5.74) is 1.48. The Kier molecular flexibility index (Phi) is 3.70. The van der Waals surface area contributed by atoms with Gasteiger partial charge in [0, 0.05) is 17.6 Å². The van der Waals surface area contributed by atoms with E-state index in [0.717, 1.165) is 15.8 Å². The van der Waals surface area contributed by atoms with E-state index < -0.39 is 0 Å². The van der Waals surface area contributed by atoms with E-state index in [9.17, 15) is 4.79 Å². The van der Waals surface area contributed by atoms with E-state index in [0.29, 0.717) is 12.2 Å². The van der Waals surface area contributed by atoms with Gasteiger partial charge in [0.25, 0.3) is 5.91 Å². The molecule has 0 aliphatic rings. The number of amides is 1. The van der Waals surface area contributed by atoms with Crippen LogP contribution in [0.5, 0.6) is 0 Å². The average Bonchev–Trinajstić information content (AvgIpc) is 3.12. The lowest BCUT2D eigenvalue weighted by Gasteiger charge is -2.10. The lowest BCUT2D eigenvalue weighted by Crippen LogP contribution is -2.26. The van der Waals surface area contributed by atoms with E-state index >= 15 is 0 Å². The minimum atomic E-state index is -0.127. The molecule has 3 rings (SSSR count). The number of carbonyl (C=O) groups excluding carboxylic acids is 1. The first kappa shape index (κ1) is 13.8. The van der Waals surface area contributed by atoms with E-state index in [1.54, 1.807) is 16.9 Å². The number of fused-ring (bicyclic) bond motifs is 1. The molecule has 0 aliphatic carbocycles. The zero-order chi connectivity index (χ0) is 14.8. The Balaban J connectivity index is 1.75. The van der Waals surface area contributed by atoms with Crippen LogP contribution in [-0.2, 0) is 6.54 Å². The molecule has 0 bridgehead atoms. The minimum Gasteiger partial charge on any atom is -0.345 e. The second-order valence-corrected chi connectivity index (χ2v) is 5.87. The zero-order valence-electron chi connectivity index (χ0n) is 11.9. The van der Waals surface area contributed by atoms with Crippen LogP contribution in [0.2, 0.25) is 0 Å². The number of hydrogen-bond acceptors (Lipinski definition) is 4. The Morgan fingerprint density at radius 2 is 2.14 bits per heavy atom. The SMILES string of the molecule is CC(C)n1nccc1C(=O)NCc1nsc2ccccc12. The maximum absolute atomic E-state index is 12.3. The van der Waals surface area contributed by atoms with Crippen molar-refractivity contribution in [2.24, 2.45) is 0 Å². The van der Waals surface area contributed by atoms with Crippen molar-refractivity contribution in [3.05, 3.63) is 47.9 Å². The van der Waals surface area contributed by atoms with Crippen molar-refractivity contribution >= 4 is 27.5 Å². The van der Waals surface area contributed by atoms with Crippen molar-refractivity contribution in [1.29, 1.82) is 0 Å². The molecule has 0 atom stereocenters. The monoisotopic (exact) mass is 300 g/mol. The van der Waals surface area contributed by atoms with Gasteiger partial charge in [-0.15, -0.1) is 0 Å². The molecule has 1 aromatic carbocycles. The van der Waals surface area contributed by atoms with Gasteiger partial charge in [-0.1, -0.05) is 18.2 Å². The van der Waals surface area contributed by atoms with Crippen LogP contribution >= 0.6 is 11.5 Å². The van der Waals surface area contributed by atoms with Crippen LogP contribution in [-0.4, -0.2) is 20.1 Å². The molecule has 0 fully saturated rings. The summed E-state index contributed by atoms with van der Waals surface area (Å²) in [5.74, 6) is -0.127. The highest BCUT2D eigenvalue weighted by molar-refractivity contribution is 7.13. The molecule has 6 heteroatoms. The highest BCUT2D eigenvalue weighted by Gasteiger charge is 2.14. The standard InChI is InChI=1S/C15H16N4OS/c1-10(2)19-13(7-8-17-19)15(20)16-9-12-11-5-3-4-6-14(11)21-18-12/h3-8,10H,9H2,1-2H3,(H,16,20). The molecule has 0 aliphatic heterocycles. The average molecular weight is 300 g/mol. The first-order valence-corrected chi connectivity index (χ1v) is 7.59. The van der Waals surface area contributed by atoms with Gasteiger partial charge < -0.3 is 5.32 Å². The topological polar surface area (TPSA) is 59.8 Å². The zero-order valence-corrected chi connectivity index (χ0v) is 12.7. The summed E-state index contributed by atoms with van der Waals surface area (Å²) in [6.45, 7) is 4.42. The quantitative estimate of drug-likeness (QED) is 0.805. The molecular weight excluding hydrogens is 284 g/mol. The van der Waals surface area contributed by atoms with Gasteiger partial charge in [0.15, 0.2) is 0 Å². The normalized spacial score (nSPS) is 11.2. The number of hydrogen-bond donors (Lipinski definition) is 1. The van der Waals surface area contributed by atoms with Crippen LogP contribution in [0.25, 0.3) is 10.1 Å². The third-order valence-electron chi connectivity index (χ3n) is 3.26. The minimum absolute atomic E-state index is 0.127. The molecule has 1 amide bonds. The summed E-state index contributed by atoms with van der Waals surface area (Å²) in [4.78, 5) is 12.3. The van der Waals surface area contributed by atoms with Gasteiger partial charge >= 0.3 is 0 Å². The Bertz CT molecular complexity index is 775. The first-order valence-electron chi connectivity index (χ1n) is 6.82. The molecule has 0 saturated carbocycles. The molecule has 0 radical (unpaired) electrons. The van der Waals surface area contributed by atoms with Crippen molar-refractivity contribution in [2.45, 2.75) is 26.4 Å². The lowest BCUT2D eigenvalue weighted by molar-refractivity contribution is 0.0938. The fourth-order valence-corrected chi connectivity index (χ4v) is 3.02. The second-order valence-electron chi connectivity index (χ2n) is 5.06. The molecule has 0 saturated heterocycles. The lowest BCUT2D eigenvalue weighted by atomic mass is 10.2. The van der Waals surface area contributed by atoms with E-state index in [1.165, 1.54) is 11.5 Å². The third kappa shape index (κ3) is 2.67. The highest BCUT2D eigenvalue weighted by Crippen LogP contribution is 2.22. The molecule has 21 heavy (non-hydrogen) atoms. The Labute approximate surface area is 126 Å². The van der Waals surface area contributed by atoms with Gasteiger partial charge in [-0.05, 0) is 37.5 Å². The molecule has 5 nitrogen and oxygen atoms in total. The number of nitrogens with zero attached hydrogens (tertiary/aromatic N) is 3. The third-order valence-corrected chi connectivity index (χ3v) is 4.12. The van der Waals surface area contributed by atoms with E-state index in [4.69, 9.17) is 0 Å². The molecule has 2 heterocycles. The van der Waals surface area contributed by atoms with E-state index in [1.807, 2.05) is 38.1 Å². The maximum Gasteiger partial charge on any atom is 0.269 e. The molecule has 0 spiro atoms. The fourth-order valence-electron chi connectivity index (χ4n) is 2.23. The number of benzene rings is 1. The van der Waals surface area contributed by atoms with E-state index in [2.05, 4.69) is 14.8 Å². The Hall–Kier alpha value is -2.21. The van der Waals surface area contributed by atoms with E-state index in [-0.39, 0.29) is 11.9 Å². The van der Waals surface area contributed by atoms with Crippen molar-refractivity contribution in [3.8, 4) is 0 Å². The Morgan fingerprint density at radius 3 is 2.95 bits per heavy atom. The second kappa shape index (κ2) is 5.65. The van der Waals surface area contributed by atoms with Crippen LogP contribution in [0, 0.1) is 0 Å². The number of rotatable bonds is 4. The van der Waals surface area contributed by atoms with Gasteiger partial charge in [0.1, 0.15) is 5.69 Å². The van der Waals surface area contributed by atoms with Gasteiger partial charge in [-0.25, -0.2) is 0 Å². The summed E-state index contributed by atoms with van der Waals surface area (Å²) in [6.07, 6.45) is 1.65. The number of aromatic nitrogens is 3. The van der Waals surface area contributed by atoms with Crippen LogP contribution < -0.4 is 5.32 Å². The Morgan fingerprint density at radius 1 is 1.33 bits per heavy atom. The van der Waals surface area contributed by atoms with Crippen molar-refractivity contribution < 1.29 is 4.79 Å². The van der Waals surface area contributed by atoms with Gasteiger partial charge in [0.05, 0.1) is 16.9 Å². The predicted octanol–water partition coefficient (Wildman–Crippen LogP) is 3.00. The largest absolute Gasteiger partial charge is 0.345 e. The molecule has 2 aromatic heterocycles. The van der Waals surface area contributed by atoms with Gasteiger partial charge in [-0.3, -0.25) is 9.48 Å². The molecule has 1 N–H and O–H groups in total. The molecular formula is C15H16N4OS. The number of carbonyl (C=O) groups is 1.